The Hall–Kier alpha value is -2.14. The van der Waals surface area contributed by atoms with Crippen LogP contribution >= 0.6 is 0 Å². The van der Waals surface area contributed by atoms with Crippen LogP contribution < -0.4 is 10.6 Å². The van der Waals surface area contributed by atoms with Gasteiger partial charge in [-0.05, 0) is 24.5 Å². The zero-order valence-electron chi connectivity index (χ0n) is 10.6. The number of rotatable bonds is 2. The maximum Gasteiger partial charge on any atom is 0.244 e. The third kappa shape index (κ3) is 2.51. The SMILES string of the molecule is Cc1cc(NC(=O)[C@H]2Cc3ccccc3CN2)on1. The summed E-state index contributed by atoms with van der Waals surface area (Å²) in [5.74, 6) is 0.300. The lowest BCUT2D eigenvalue weighted by Gasteiger charge is -2.24. The maximum absolute atomic E-state index is 12.1. The number of hydrogen-bond donors (Lipinski definition) is 2. The minimum absolute atomic E-state index is 0.0920. The molecule has 1 aliphatic heterocycles. The van der Waals surface area contributed by atoms with E-state index in [0.29, 0.717) is 18.8 Å². The highest BCUT2D eigenvalue weighted by molar-refractivity contribution is 5.94. The Bertz CT molecular complexity index is 606. The van der Waals surface area contributed by atoms with Gasteiger partial charge in [-0.2, -0.15) is 0 Å². The quantitative estimate of drug-likeness (QED) is 0.858. The second-order valence-corrected chi connectivity index (χ2v) is 4.73. The van der Waals surface area contributed by atoms with Crippen molar-refractivity contribution < 1.29 is 9.32 Å². The van der Waals surface area contributed by atoms with Crippen molar-refractivity contribution in [3.63, 3.8) is 0 Å². The average Bonchev–Trinajstić information content (AvgIpc) is 2.83. The van der Waals surface area contributed by atoms with Gasteiger partial charge in [0.05, 0.1) is 11.7 Å². The molecule has 0 aliphatic carbocycles. The lowest BCUT2D eigenvalue weighted by Crippen LogP contribution is -2.44. The van der Waals surface area contributed by atoms with Crippen LogP contribution in [-0.2, 0) is 17.8 Å². The van der Waals surface area contributed by atoms with Crippen molar-refractivity contribution in [2.24, 2.45) is 0 Å². The molecule has 2 heterocycles. The summed E-state index contributed by atoms with van der Waals surface area (Å²) in [5.41, 5.74) is 3.22. The Morgan fingerprint density at radius 3 is 2.95 bits per heavy atom. The van der Waals surface area contributed by atoms with Crippen molar-refractivity contribution >= 4 is 11.8 Å². The molecule has 0 saturated heterocycles. The van der Waals surface area contributed by atoms with Gasteiger partial charge in [-0.1, -0.05) is 29.4 Å². The number of hydrogen-bond acceptors (Lipinski definition) is 4. The van der Waals surface area contributed by atoms with E-state index in [1.165, 1.54) is 11.1 Å². The summed E-state index contributed by atoms with van der Waals surface area (Å²) in [6.07, 6.45) is 0.690. The number of fused-ring (bicyclic) bond motifs is 1. The molecule has 0 spiro atoms. The van der Waals surface area contributed by atoms with E-state index in [1.54, 1.807) is 6.07 Å². The molecule has 98 valence electrons. The fraction of sp³-hybridized carbons (Fsp3) is 0.286. The molecule has 3 rings (SSSR count). The van der Waals surface area contributed by atoms with Gasteiger partial charge in [0.25, 0.3) is 0 Å². The van der Waals surface area contributed by atoms with Gasteiger partial charge in [0, 0.05) is 12.6 Å². The van der Waals surface area contributed by atoms with Gasteiger partial charge in [0.15, 0.2) is 0 Å². The minimum atomic E-state index is -0.236. The summed E-state index contributed by atoms with van der Waals surface area (Å²) >= 11 is 0. The van der Waals surface area contributed by atoms with E-state index >= 15 is 0 Å². The van der Waals surface area contributed by atoms with Gasteiger partial charge in [-0.25, -0.2) is 0 Å². The van der Waals surface area contributed by atoms with Crippen LogP contribution in [0.2, 0.25) is 0 Å². The maximum atomic E-state index is 12.1. The molecular formula is C14H15N3O2. The molecular weight excluding hydrogens is 242 g/mol. The van der Waals surface area contributed by atoms with E-state index in [4.69, 9.17) is 4.52 Å². The molecule has 1 amide bonds. The molecule has 5 nitrogen and oxygen atoms in total. The van der Waals surface area contributed by atoms with Crippen LogP contribution in [0.25, 0.3) is 0 Å². The normalized spacial score (nSPS) is 17.8. The number of benzene rings is 1. The first-order chi connectivity index (χ1) is 9.22. The van der Waals surface area contributed by atoms with Crippen LogP contribution in [0.1, 0.15) is 16.8 Å². The summed E-state index contributed by atoms with van der Waals surface area (Å²) in [4.78, 5) is 12.1. The van der Waals surface area contributed by atoms with Crippen molar-refractivity contribution in [1.29, 1.82) is 0 Å². The number of aromatic nitrogens is 1. The van der Waals surface area contributed by atoms with E-state index < -0.39 is 0 Å². The van der Waals surface area contributed by atoms with Crippen LogP contribution in [0.4, 0.5) is 5.88 Å². The summed E-state index contributed by atoms with van der Waals surface area (Å²) < 4.78 is 4.99. The molecule has 2 N–H and O–H groups in total. The van der Waals surface area contributed by atoms with E-state index in [2.05, 4.69) is 27.9 Å². The van der Waals surface area contributed by atoms with Gasteiger partial charge in [0.1, 0.15) is 0 Å². The molecule has 0 radical (unpaired) electrons. The second kappa shape index (κ2) is 4.85. The Labute approximate surface area is 111 Å². The minimum Gasteiger partial charge on any atom is -0.338 e. The Kier molecular flexibility index (Phi) is 3.05. The second-order valence-electron chi connectivity index (χ2n) is 4.73. The number of anilines is 1. The van der Waals surface area contributed by atoms with Gasteiger partial charge in [-0.15, -0.1) is 0 Å². The number of nitrogens with zero attached hydrogens (tertiary/aromatic N) is 1. The highest BCUT2D eigenvalue weighted by Gasteiger charge is 2.24. The standard InChI is InChI=1S/C14H15N3O2/c1-9-6-13(19-17-9)16-14(18)12-7-10-4-2-3-5-11(10)8-15-12/h2-6,12,15H,7-8H2,1H3,(H,16,18)/t12-/m1/s1. The van der Waals surface area contributed by atoms with Gasteiger partial charge in [-0.3, -0.25) is 10.1 Å². The lowest BCUT2D eigenvalue weighted by molar-refractivity contribution is -0.118. The highest BCUT2D eigenvalue weighted by atomic mass is 16.5. The number of nitrogens with one attached hydrogen (secondary N) is 2. The van der Waals surface area contributed by atoms with Crippen LogP contribution in [0.5, 0.6) is 0 Å². The first-order valence-corrected chi connectivity index (χ1v) is 6.27. The van der Waals surface area contributed by atoms with Crippen LogP contribution in [-0.4, -0.2) is 17.1 Å². The predicted molar refractivity (Wildman–Crippen MR) is 70.6 cm³/mol. The van der Waals surface area contributed by atoms with Crippen LogP contribution in [0.15, 0.2) is 34.9 Å². The summed E-state index contributed by atoms with van der Waals surface area (Å²) in [6.45, 7) is 2.53. The third-order valence-electron chi connectivity index (χ3n) is 3.27. The smallest absolute Gasteiger partial charge is 0.244 e. The fourth-order valence-electron chi connectivity index (χ4n) is 2.27. The molecule has 1 aliphatic rings. The van der Waals surface area contributed by atoms with E-state index in [9.17, 15) is 4.79 Å². The van der Waals surface area contributed by atoms with Gasteiger partial charge >= 0.3 is 0 Å². The molecule has 1 atom stereocenters. The largest absolute Gasteiger partial charge is 0.338 e. The van der Waals surface area contributed by atoms with Gasteiger partial charge < -0.3 is 9.84 Å². The molecule has 1 aromatic carbocycles. The number of aryl methyl sites for hydroxylation is 1. The van der Waals surface area contributed by atoms with E-state index in [0.717, 1.165) is 5.69 Å². The topological polar surface area (TPSA) is 67.2 Å². The molecule has 1 aromatic heterocycles. The Balaban J connectivity index is 1.69. The lowest BCUT2D eigenvalue weighted by atomic mass is 9.95. The zero-order chi connectivity index (χ0) is 13.2. The number of carbonyl (C=O) groups is 1. The molecule has 2 aromatic rings. The Morgan fingerprint density at radius 2 is 2.21 bits per heavy atom. The van der Waals surface area contributed by atoms with E-state index in [1.807, 2.05) is 19.1 Å². The number of carbonyl (C=O) groups excluding carboxylic acids is 1. The van der Waals surface area contributed by atoms with Crippen molar-refractivity contribution in [2.45, 2.75) is 25.9 Å². The van der Waals surface area contributed by atoms with Gasteiger partial charge in [0.2, 0.25) is 11.8 Å². The fourth-order valence-corrected chi connectivity index (χ4v) is 2.27. The van der Waals surface area contributed by atoms with E-state index in [-0.39, 0.29) is 11.9 Å². The van der Waals surface area contributed by atoms with Crippen molar-refractivity contribution in [3.05, 3.63) is 47.2 Å². The first kappa shape index (κ1) is 11.9. The molecule has 5 heteroatoms. The van der Waals surface area contributed by atoms with Crippen molar-refractivity contribution in [3.8, 4) is 0 Å². The van der Waals surface area contributed by atoms with Crippen LogP contribution in [0, 0.1) is 6.92 Å². The third-order valence-corrected chi connectivity index (χ3v) is 3.27. The number of amides is 1. The molecule has 0 fully saturated rings. The zero-order valence-corrected chi connectivity index (χ0v) is 10.6. The highest BCUT2D eigenvalue weighted by Crippen LogP contribution is 2.17. The first-order valence-electron chi connectivity index (χ1n) is 6.27. The summed E-state index contributed by atoms with van der Waals surface area (Å²) in [7, 11) is 0. The molecule has 0 bridgehead atoms. The predicted octanol–water partition coefficient (Wildman–Crippen LogP) is 1.64. The average molecular weight is 257 g/mol. The van der Waals surface area contributed by atoms with Crippen molar-refractivity contribution in [2.75, 3.05) is 5.32 Å². The van der Waals surface area contributed by atoms with Crippen molar-refractivity contribution in [1.82, 2.24) is 10.5 Å². The Morgan fingerprint density at radius 1 is 1.42 bits per heavy atom. The summed E-state index contributed by atoms with van der Waals surface area (Å²) in [5, 5.41) is 9.70. The summed E-state index contributed by atoms with van der Waals surface area (Å²) in [6, 6.07) is 9.62. The molecule has 0 saturated carbocycles. The molecule has 19 heavy (non-hydrogen) atoms. The molecule has 0 unspecified atom stereocenters. The van der Waals surface area contributed by atoms with Crippen LogP contribution in [0.3, 0.4) is 0 Å². The monoisotopic (exact) mass is 257 g/mol.